The molecule has 3 nitrogen and oxygen atoms in total. The predicted octanol–water partition coefficient (Wildman–Crippen LogP) is 4.45. The van der Waals surface area contributed by atoms with Gasteiger partial charge in [-0.3, -0.25) is 0 Å². The Bertz CT molecular complexity index is 664. The Morgan fingerprint density at radius 1 is 0.909 bits per heavy atom. The maximum Gasteiger partial charge on any atom is 0.435 e. The molecule has 0 bridgehead atoms. The molecule has 0 spiro atoms. The van der Waals surface area contributed by atoms with Crippen LogP contribution < -0.4 is 11.1 Å². The lowest BCUT2D eigenvalue weighted by atomic mass is 10.2. The Morgan fingerprint density at radius 2 is 1.50 bits per heavy atom. The van der Waals surface area contributed by atoms with Crippen molar-refractivity contribution in [3.05, 3.63) is 47.8 Å². The van der Waals surface area contributed by atoms with E-state index < -0.39 is 35.1 Å². The SMILES string of the molecule is Nc1c(Nc2ccccc2)cc(C(F)(F)F)nc1C(F)(F)F. The number of hydrogen-bond donors (Lipinski definition) is 2. The van der Waals surface area contributed by atoms with Gasteiger partial charge < -0.3 is 11.1 Å². The van der Waals surface area contributed by atoms with E-state index in [0.29, 0.717) is 11.8 Å². The molecule has 1 aromatic carbocycles. The summed E-state index contributed by atoms with van der Waals surface area (Å²) in [5, 5.41) is 2.43. The van der Waals surface area contributed by atoms with Gasteiger partial charge in [0.2, 0.25) is 0 Å². The van der Waals surface area contributed by atoms with E-state index in [2.05, 4.69) is 10.3 Å². The van der Waals surface area contributed by atoms with E-state index in [1.54, 1.807) is 18.2 Å². The first-order valence-electron chi connectivity index (χ1n) is 5.86. The van der Waals surface area contributed by atoms with Gasteiger partial charge in [-0.1, -0.05) is 18.2 Å². The highest BCUT2D eigenvalue weighted by Crippen LogP contribution is 2.40. The minimum Gasteiger partial charge on any atom is -0.395 e. The molecular weight excluding hydrogens is 312 g/mol. The second-order valence-corrected chi connectivity index (χ2v) is 4.30. The molecule has 0 aliphatic carbocycles. The van der Waals surface area contributed by atoms with Gasteiger partial charge in [0.25, 0.3) is 0 Å². The molecule has 0 unspecified atom stereocenters. The third-order valence-corrected chi connectivity index (χ3v) is 2.67. The first-order chi connectivity index (χ1) is 10.1. The zero-order chi connectivity index (χ0) is 16.5. The fraction of sp³-hybridized carbons (Fsp3) is 0.154. The Hall–Kier alpha value is -2.45. The molecule has 1 aromatic heterocycles. The summed E-state index contributed by atoms with van der Waals surface area (Å²) >= 11 is 0. The van der Waals surface area contributed by atoms with Gasteiger partial charge in [0, 0.05) is 5.69 Å². The number of nitrogens with one attached hydrogen (secondary N) is 1. The predicted molar refractivity (Wildman–Crippen MR) is 68.4 cm³/mol. The molecule has 0 aliphatic rings. The highest BCUT2D eigenvalue weighted by Gasteiger charge is 2.41. The van der Waals surface area contributed by atoms with Crippen molar-refractivity contribution in [3.63, 3.8) is 0 Å². The Balaban J connectivity index is 2.57. The molecule has 118 valence electrons. The number of benzene rings is 1. The fourth-order valence-electron chi connectivity index (χ4n) is 1.70. The van der Waals surface area contributed by atoms with E-state index in [9.17, 15) is 26.3 Å². The van der Waals surface area contributed by atoms with E-state index in [1.165, 1.54) is 12.1 Å². The summed E-state index contributed by atoms with van der Waals surface area (Å²) < 4.78 is 76.5. The van der Waals surface area contributed by atoms with Crippen LogP contribution in [0.4, 0.5) is 43.4 Å². The molecule has 2 rings (SSSR count). The zero-order valence-corrected chi connectivity index (χ0v) is 10.8. The van der Waals surface area contributed by atoms with Crippen LogP contribution in [0.2, 0.25) is 0 Å². The van der Waals surface area contributed by atoms with Gasteiger partial charge in [0.1, 0.15) is 5.69 Å². The number of para-hydroxylation sites is 1. The van der Waals surface area contributed by atoms with Gasteiger partial charge in [-0.25, -0.2) is 4.98 Å². The summed E-state index contributed by atoms with van der Waals surface area (Å²) in [4.78, 5) is 2.60. The lowest BCUT2D eigenvalue weighted by Gasteiger charge is -2.17. The molecule has 0 fully saturated rings. The van der Waals surface area contributed by atoms with E-state index in [-0.39, 0.29) is 0 Å². The number of aromatic nitrogens is 1. The average Bonchev–Trinajstić information content (AvgIpc) is 2.39. The van der Waals surface area contributed by atoms with Crippen molar-refractivity contribution in [1.29, 1.82) is 0 Å². The molecule has 0 atom stereocenters. The molecule has 9 heteroatoms. The molecule has 0 amide bonds. The van der Waals surface area contributed by atoms with E-state index >= 15 is 0 Å². The Labute approximate surface area is 120 Å². The number of rotatable bonds is 2. The van der Waals surface area contributed by atoms with Crippen LogP contribution in [0.1, 0.15) is 11.4 Å². The highest BCUT2D eigenvalue weighted by atomic mass is 19.4. The van der Waals surface area contributed by atoms with Crippen LogP contribution in [0.3, 0.4) is 0 Å². The fourth-order valence-corrected chi connectivity index (χ4v) is 1.70. The van der Waals surface area contributed by atoms with Gasteiger partial charge in [-0.15, -0.1) is 0 Å². The summed E-state index contributed by atoms with van der Waals surface area (Å²) in [7, 11) is 0. The van der Waals surface area contributed by atoms with Crippen LogP contribution in [-0.4, -0.2) is 4.98 Å². The minimum atomic E-state index is -5.10. The van der Waals surface area contributed by atoms with Gasteiger partial charge in [0.15, 0.2) is 5.69 Å². The van der Waals surface area contributed by atoms with E-state index in [4.69, 9.17) is 5.73 Å². The van der Waals surface area contributed by atoms with Gasteiger partial charge in [0.05, 0.1) is 11.4 Å². The Morgan fingerprint density at radius 3 is 2.00 bits per heavy atom. The van der Waals surface area contributed by atoms with Crippen molar-refractivity contribution in [2.75, 3.05) is 11.1 Å². The van der Waals surface area contributed by atoms with Crippen LogP contribution in [0.5, 0.6) is 0 Å². The summed E-state index contributed by atoms with van der Waals surface area (Å²) in [5.41, 5.74) is 0.748. The first kappa shape index (κ1) is 15.9. The van der Waals surface area contributed by atoms with Gasteiger partial charge >= 0.3 is 12.4 Å². The Kier molecular flexibility index (Phi) is 3.90. The molecule has 2 aromatic rings. The van der Waals surface area contributed by atoms with Crippen LogP contribution in [0.25, 0.3) is 0 Å². The van der Waals surface area contributed by atoms with Gasteiger partial charge in [-0.2, -0.15) is 26.3 Å². The summed E-state index contributed by atoms with van der Waals surface area (Å²) in [6.07, 6.45) is -10.1. The highest BCUT2D eigenvalue weighted by molar-refractivity contribution is 5.75. The molecule has 0 radical (unpaired) electrons. The number of pyridine rings is 1. The molecule has 0 aliphatic heterocycles. The molecule has 22 heavy (non-hydrogen) atoms. The number of nitrogens with two attached hydrogens (primary N) is 1. The van der Waals surface area contributed by atoms with E-state index in [0.717, 1.165) is 0 Å². The van der Waals surface area contributed by atoms with Crippen LogP contribution in [0, 0.1) is 0 Å². The average molecular weight is 321 g/mol. The maximum atomic E-state index is 12.8. The summed E-state index contributed by atoms with van der Waals surface area (Å²) in [5.74, 6) is 0. The van der Waals surface area contributed by atoms with Crippen molar-refractivity contribution in [2.45, 2.75) is 12.4 Å². The topological polar surface area (TPSA) is 50.9 Å². The molecule has 1 heterocycles. The molecule has 0 saturated heterocycles. The third-order valence-electron chi connectivity index (χ3n) is 2.67. The van der Waals surface area contributed by atoms with Crippen LogP contribution in [-0.2, 0) is 12.4 Å². The minimum absolute atomic E-state index is 0.293. The lowest BCUT2D eigenvalue weighted by Crippen LogP contribution is -2.18. The van der Waals surface area contributed by atoms with Gasteiger partial charge in [-0.05, 0) is 18.2 Å². The number of nitrogen functional groups attached to an aromatic ring is 1. The number of anilines is 3. The third kappa shape index (κ3) is 3.41. The van der Waals surface area contributed by atoms with Crippen molar-refractivity contribution in [2.24, 2.45) is 0 Å². The molecule has 3 N–H and O–H groups in total. The number of halogens is 6. The number of hydrogen-bond acceptors (Lipinski definition) is 3. The smallest absolute Gasteiger partial charge is 0.395 e. The van der Waals surface area contributed by atoms with Crippen LogP contribution >= 0.6 is 0 Å². The first-order valence-corrected chi connectivity index (χ1v) is 5.86. The van der Waals surface area contributed by atoms with E-state index in [1.807, 2.05) is 0 Å². The van der Waals surface area contributed by atoms with Crippen molar-refractivity contribution in [3.8, 4) is 0 Å². The lowest BCUT2D eigenvalue weighted by molar-refractivity contribution is -0.149. The summed E-state index contributed by atoms with van der Waals surface area (Å²) in [6, 6.07) is 8.16. The molecular formula is C13H9F6N3. The van der Waals surface area contributed by atoms with Crippen molar-refractivity contribution < 1.29 is 26.3 Å². The second kappa shape index (κ2) is 5.39. The van der Waals surface area contributed by atoms with Crippen molar-refractivity contribution >= 4 is 17.1 Å². The standard InChI is InChI=1S/C13H9F6N3/c14-12(15,16)9-6-8(21-7-4-2-1-3-5-7)10(20)11(22-9)13(17,18)19/h1-6H,20H2,(H,21,22). The maximum absolute atomic E-state index is 12.8. The largest absolute Gasteiger partial charge is 0.435 e. The quantitative estimate of drug-likeness (QED) is 0.804. The number of nitrogens with zero attached hydrogens (tertiary/aromatic N) is 1. The monoisotopic (exact) mass is 321 g/mol. The second-order valence-electron chi connectivity index (χ2n) is 4.30. The number of alkyl halides is 6. The zero-order valence-electron chi connectivity index (χ0n) is 10.8. The molecule has 0 saturated carbocycles. The van der Waals surface area contributed by atoms with Crippen LogP contribution in [0.15, 0.2) is 36.4 Å². The normalized spacial score (nSPS) is 12.3. The summed E-state index contributed by atoms with van der Waals surface area (Å²) in [6.45, 7) is 0. The van der Waals surface area contributed by atoms with Crippen molar-refractivity contribution in [1.82, 2.24) is 4.98 Å².